The van der Waals surface area contributed by atoms with Crippen LogP contribution in [0.4, 0.5) is 0 Å². The van der Waals surface area contributed by atoms with Crippen LogP contribution in [0.1, 0.15) is 13.3 Å². The first-order chi connectivity index (χ1) is 4.61. The highest BCUT2D eigenvalue weighted by atomic mass is 16.6. The van der Waals surface area contributed by atoms with Crippen LogP contribution in [0.15, 0.2) is 0 Å². The molecule has 1 saturated heterocycles. The maximum absolute atomic E-state index is 9.08. The maximum atomic E-state index is 9.08. The van der Waals surface area contributed by atoms with Crippen LogP contribution >= 0.6 is 0 Å². The average Bonchev–Trinajstić information content (AvgIpc) is 2.10. The van der Waals surface area contributed by atoms with Gasteiger partial charge in [0.15, 0.2) is 6.29 Å². The Kier molecular flexibility index (Phi) is 2.25. The van der Waals surface area contributed by atoms with Crippen molar-refractivity contribution in [3.8, 4) is 0 Å². The predicted octanol–water partition coefficient (Wildman–Crippen LogP) is -1.16. The third-order valence-electron chi connectivity index (χ3n) is 1.61. The van der Waals surface area contributed by atoms with E-state index in [9.17, 15) is 0 Å². The number of aliphatic hydroxyl groups excluding tert-OH is 3. The van der Waals surface area contributed by atoms with Gasteiger partial charge in [0.25, 0.3) is 0 Å². The molecule has 0 spiro atoms. The molecule has 0 aliphatic carbocycles. The lowest BCUT2D eigenvalue weighted by atomic mass is 10.1. The van der Waals surface area contributed by atoms with E-state index >= 15 is 0 Å². The summed E-state index contributed by atoms with van der Waals surface area (Å²) in [6.07, 6.45) is -2.83. The van der Waals surface area contributed by atoms with E-state index in [1.165, 1.54) is 6.92 Å². The molecular formula is C6H12O4. The van der Waals surface area contributed by atoms with Gasteiger partial charge in [0.1, 0.15) is 6.10 Å². The van der Waals surface area contributed by atoms with Crippen molar-refractivity contribution in [1.82, 2.24) is 0 Å². The van der Waals surface area contributed by atoms with E-state index in [0.717, 1.165) is 0 Å². The molecule has 0 aromatic rings. The Balaban J connectivity index is 2.46. The number of hydrogen-bond acceptors (Lipinski definition) is 4. The number of hydrogen-bond donors (Lipinski definition) is 3. The van der Waals surface area contributed by atoms with Crippen molar-refractivity contribution in [2.45, 2.75) is 37.9 Å². The monoisotopic (exact) mass is 148 g/mol. The zero-order valence-corrected chi connectivity index (χ0v) is 5.77. The van der Waals surface area contributed by atoms with Crippen LogP contribution in [0, 0.1) is 0 Å². The molecule has 3 N–H and O–H groups in total. The van der Waals surface area contributed by atoms with Gasteiger partial charge in [-0.25, -0.2) is 0 Å². The second-order valence-corrected chi connectivity index (χ2v) is 2.60. The van der Waals surface area contributed by atoms with Crippen molar-refractivity contribution in [2.75, 3.05) is 0 Å². The molecule has 1 fully saturated rings. The minimum Gasteiger partial charge on any atom is -0.391 e. The van der Waals surface area contributed by atoms with Crippen molar-refractivity contribution in [3.05, 3.63) is 0 Å². The fourth-order valence-corrected chi connectivity index (χ4v) is 1.10. The molecule has 0 aromatic carbocycles. The zero-order chi connectivity index (χ0) is 7.72. The van der Waals surface area contributed by atoms with Crippen LogP contribution in [0.5, 0.6) is 0 Å². The van der Waals surface area contributed by atoms with Gasteiger partial charge in [-0.2, -0.15) is 0 Å². The molecule has 1 aliphatic rings. The Bertz CT molecular complexity index is 114. The first-order valence-electron chi connectivity index (χ1n) is 3.31. The van der Waals surface area contributed by atoms with E-state index in [4.69, 9.17) is 20.1 Å². The van der Waals surface area contributed by atoms with Crippen LogP contribution in [0.2, 0.25) is 0 Å². The van der Waals surface area contributed by atoms with Gasteiger partial charge in [-0.15, -0.1) is 0 Å². The molecule has 0 amide bonds. The summed E-state index contributed by atoms with van der Waals surface area (Å²) in [4.78, 5) is 0. The summed E-state index contributed by atoms with van der Waals surface area (Å²) < 4.78 is 4.79. The normalized spacial score (nSPS) is 43.8. The first kappa shape index (κ1) is 7.94. The number of rotatable bonds is 1. The molecule has 0 saturated carbocycles. The molecule has 0 radical (unpaired) electrons. The van der Waals surface area contributed by atoms with Gasteiger partial charge in [-0.3, -0.25) is 0 Å². The van der Waals surface area contributed by atoms with Crippen LogP contribution in [-0.2, 0) is 4.74 Å². The van der Waals surface area contributed by atoms with Crippen molar-refractivity contribution < 1.29 is 20.1 Å². The molecular weight excluding hydrogens is 136 g/mol. The van der Waals surface area contributed by atoms with Crippen molar-refractivity contribution in [1.29, 1.82) is 0 Å². The van der Waals surface area contributed by atoms with E-state index in [2.05, 4.69) is 0 Å². The summed E-state index contributed by atoms with van der Waals surface area (Å²) in [6.45, 7) is 1.52. The Hall–Kier alpha value is -0.160. The van der Waals surface area contributed by atoms with Crippen LogP contribution < -0.4 is 0 Å². The highest BCUT2D eigenvalue weighted by Crippen LogP contribution is 2.20. The number of aliphatic hydroxyl groups is 3. The molecule has 1 heterocycles. The average molecular weight is 148 g/mol. The van der Waals surface area contributed by atoms with Gasteiger partial charge in [0.2, 0.25) is 0 Å². The maximum Gasteiger partial charge on any atom is 0.157 e. The molecule has 4 atom stereocenters. The van der Waals surface area contributed by atoms with Crippen LogP contribution in [0.3, 0.4) is 0 Å². The zero-order valence-electron chi connectivity index (χ0n) is 5.77. The third-order valence-corrected chi connectivity index (χ3v) is 1.61. The largest absolute Gasteiger partial charge is 0.391 e. The van der Waals surface area contributed by atoms with E-state index in [1.54, 1.807) is 0 Å². The van der Waals surface area contributed by atoms with Crippen molar-refractivity contribution in [2.24, 2.45) is 0 Å². The summed E-state index contributed by atoms with van der Waals surface area (Å²) in [5.41, 5.74) is 0. The Morgan fingerprint density at radius 3 is 2.30 bits per heavy atom. The second kappa shape index (κ2) is 2.84. The van der Waals surface area contributed by atoms with Gasteiger partial charge in [0.05, 0.1) is 12.2 Å². The van der Waals surface area contributed by atoms with E-state index < -0.39 is 24.6 Å². The third kappa shape index (κ3) is 1.46. The highest BCUT2D eigenvalue weighted by molar-refractivity contribution is 4.80. The minimum absolute atomic E-state index is 0.190. The van der Waals surface area contributed by atoms with Gasteiger partial charge >= 0.3 is 0 Å². The van der Waals surface area contributed by atoms with Crippen molar-refractivity contribution in [3.63, 3.8) is 0 Å². The molecule has 4 heteroatoms. The standard InChI is InChI=1S/C6H12O4/c1-3(7)6-4(8)2-5(9)10-6/h3-9H,2H2,1H3/t3-,4-,5?,6-/m1/s1. The summed E-state index contributed by atoms with van der Waals surface area (Å²) in [5, 5.41) is 26.9. The Labute approximate surface area is 59.1 Å². The van der Waals surface area contributed by atoms with E-state index in [0.29, 0.717) is 0 Å². The first-order valence-corrected chi connectivity index (χ1v) is 3.31. The molecule has 1 aliphatic heterocycles. The SMILES string of the molecule is C[C@@H](O)[C@H]1OC(O)C[C@H]1O. The van der Waals surface area contributed by atoms with Crippen molar-refractivity contribution >= 4 is 0 Å². The predicted molar refractivity (Wildman–Crippen MR) is 33.2 cm³/mol. The lowest BCUT2D eigenvalue weighted by Gasteiger charge is -2.15. The topological polar surface area (TPSA) is 69.9 Å². The van der Waals surface area contributed by atoms with Gasteiger partial charge in [0, 0.05) is 6.42 Å². The van der Waals surface area contributed by atoms with Gasteiger partial charge < -0.3 is 20.1 Å². The van der Waals surface area contributed by atoms with Crippen LogP contribution in [0.25, 0.3) is 0 Å². The van der Waals surface area contributed by atoms with E-state index in [-0.39, 0.29) is 6.42 Å². The summed E-state index contributed by atoms with van der Waals surface area (Å²) >= 11 is 0. The number of ether oxygens (including phenoxy) is 1. The molecule has 1 unspecified atom stereocenters. The summed E-state index contributed by atoms with van der Waals surface area (Å²) in [7, 11) is 0. The Morgan fingerprint density at radius 1 is 1.50 bits per heavy atom. The molecule has 0 aromatic heterocycles. The molecule has 1 rings (SSSR count). The highest BCUT2D eigenvalue weighted by Gasteiger charge is 2.35. The fraction of sp³-hybridized carbons (Fsp3) is 1.00. The molecule has 4 nitrogen and oxygen atoms in total. The molecule has 10 heavy (non-hydrogen) atoms. The molecule has 0 bridgehead atoms. The quantitative estimate of drug-likeness (QED) is 0.438. The van der Waals surface area contributed by atoms with Crippen LogP contribution in [-0.4, -0.2) is 39.9 Å². The van der Waals surface area contributed by atoms with Gasteiger partial charge in [-0.05, 0) is 6.92 Å². The van der Waals surface area contributed by atoms with Gasteiger partial charge in [-0.1, -0.05) is 0 Å². The lowest BCUT2D eigenvalue weighted by Crippen LogP contribution is -2.32. The lowest BCUT2D eigenvalue weighted by molar-refractivity contribution is -0.125. The summed E-state index contributed by atoms with van der Waals surface area (Å²) in [6, 6.07) is 0. The molecule has 60 valence electrons. The van der Waals surface area contributed by atoms with E-state index in [1.807, 2.05) is 0 Å². The fourth-order valence-electron chi connectivity index (χ4n) is 1.10. The summed E-state index contributed by atoms with van der Waals surface area (Å²) in [5.74, 6) is 0. The smallest absolute Gasteiger partial charge is 0.157 e. The minimum atomic E-state index is -0.922. The Morgan fingerprint density at radius 2 is 2.10 bits per heavy atom. The second-order valence-electron chi connectivity index (χ2n) is 2.60.